The van der Waals surface area contributed by atoms with Gasteiger partial charge < -0.3 is 9.47 Å². The average Bonchev–Trinajstić information content (AvgIpc) is 2.34. The van der Waals surface area contributed by atoms with Crippen molar-refractivity contribution in [2.24, 2.45) is 0 Å². The van der Waals surface area contributed by atoms with Crippen LogP contribution >= 0.6 is 0 Å². The van der Waals surface area contributed by atoms with Gasteiger partial charge in [-0.2, -0.15) is 4.31 Å². The lowest BCUT2D eigenvalue weighted by molar-refractivity contribution is -0.139. The minimum atomic E-state index is -3.50. The van der Waals surface area contributed by atoms with Crippen molar-refractivity contribution in [3.8, 4) is 0 Å². The minimum absolute atomic E-state index is 0.0253. The number of nitrogens with zero attached hydrogens (tertiary/aromatic N) is 1. The van der Waals surface area contributed by atoms with Crippen LogP contribution in [0.5, 0.6) is 0 Å². The molecule has 0 fully saturated rings. The van der Waals surface area contributed by atoms with E-state index in [4.69, 9.17) is 9.47 Å². The smallest absolute Gasteiger partial charge is 0.333 e. The van der Waals surface area contributed by atoms with Crippen LogP contribution in [0.2, 0.25) is 0 Å². The molecule has 120 valence electrons. The Balaban J connectivity index is 4.36. The van der Waals surface area contributed by atoms with Gasteiger partial charge in [0.15, 0.2) is 0 Å². The molecule has 7 nitrogen and oxygen atoms in total. The van der Waals surface area contributed by atoms with Crippen LogP contribution in [0.15, 0.2) is 24.3 Å². The monoisotopic (exact) mass is 319 g/mol. The van der Waals surface area contributed by atoms with Gasteiger partial charge in [0, 0.05) is 24.2 Å². The third-order valence-corrected chi connectivity index (χ3v) is 3.62. The lowest BCUT2D eigenvalue weighted by Crippen LogP contribution is -2.36. The zero-order valence-corrected chi connectivity index (χ0v) is 13.4. The molecule has 0 aromatic rings. The Kier molecular flexibility index (Phi) is 7.90. The van der Waals surface area contributed by atoms with Gasteiger partial charge in [0.25, 0.3) is 0 Å². The van der Waals surface area contributed by atoms with Gasteiger partial charge in [-0.3, -0.25) is 0 Å². The molecule has 0 radical (unpaired) electrons. The fraction of sp³-hybridized carbons (Fsp3) is 0.538. The number of carbonyl (C=O) groups is 2. The molecule has 0 heterocycles. The highest BCUT2D eigenvalue weighted by Gasteiger charge is 2.18. The lowest BCUT2D eigenvalue weighted by Gasteiger charge is -2.19. The van der Waals surface area contributed by atoms with E-state index in [1.807, 2.05) is 0 Å². The van der Waals surface area contributed by atoms with Crippen molar-refractivity contribution < 1.29 is 27.5 Å². The third kappa shape index (κ3) is 8.26. The van der Waals surface area contributed by atoms with Gasteiger partial charge in [-0.1, -0.05) is 13.2 Å². The zero-order chi connectivity index (χ0) is 16.6. The van der Waals surface area contributed by atoms with Gasteiger partial charge >= 0.3 is 11.9 Å². The predicted octanol–water partition coefficient (Wildman–Crippen LogP) is 0.487. The molecule has 0 rings (SSSR count). The SMILES string of the molecule is C=C(C)C(=O)OCCN(CCOC(=O)C(=C)C)S(C)(=O)=O. The highest BCUT2D eigenvalue weighted by molar-refractivity contribution is 7.88. The van der Waals surface area contributed by atoms with E-state index < -0.39 is 22.0 Å². The number of hydrogen-bond donors (Lipinski definition) is 0. The van der Waals surface area contributed by atoms with E-state index >= 15 is 0 Å². The Labute approximate surface area is 125 Å². The van der Waals surface area contributed by atoms with Crippen molar-refractivity contribution in [1.29, 1.82) is 0 Å². The van der Waals surface area contributed by atoms with Gasteiger partial charge in [-0.25, -0.2) is 18.0 Å². The summed E-state index contributed by atoms with van der Waals surface area (Å²) in [6.45, 7) is 9.56. The Bertz CT molecular complexity index is 491. The number of sulfonamides is 1. The normalized spacial score (nSPS) is 11.0. The largest absolute Gasteiger partial charge is 0.461 e. The maximum atomic E-state index is 11.6. The second-order valence-corrected chi connectivity index (χ2v) is 6.48. The molecule has 0 N–H and O–H groups in total. The van der Waals surface area contributed by atoms with Crippen LogP contribution in [0.3, 0.4) is 0 Å². The minimum Gasteiger partial charge on any atom is -0.461 e. The van der Waals surface area contributed by atoms with Crippen molar-refractivity contribution in [3.05, 3.63) is 24.3 Å². The first kappa shape index (κ1) is 19.3. The molecule has 0 spiro atoms. The van der Waals surface area contributed by atoms with E-state index in [1.165, 1.54) is 13.8 Å². The second-order valence-electron chi connectivity index (χ2n) is 4.49. The van der Waals surface area contributed by atoms with Crippen molar-refractivity contribution in [2.75, 3.05) is 32.6 Å². The van der Waals surface area contributed by atoms with Gasteiger partial charge in [-0.05, 0) is 13.8 Å². The molecule has 0 aliphatic rings. The van der Waals surface area contributed by atoms with Crippen LogP contribution < -0.4 is 0 Å². The summed E-state index contributed by atoms with van der Waals surface area (Å²) < 4.78 is 33.8. The number of hydrogen-bond acceptors (Lipinski definition) is 6. The van der Waals surface area contributed by atoms with Gasteiger partial charge in [0.1, 0.15) is 13.2 Å². The summed E-state index contributed by atoms with van der Waals surface area (Å²) in [5, 5.41) is 0. The Hall–Kier alpha value is -1.67. The number of esters is 2. The lowest BCUT2D eigenvalue weighted by atomic mass is 10.4. The molecular formula is C13H21NO6S. The van der Waals surface area contributed by atoms with Crippen molar-refractivity contribution in [2.45, 2.75) is 13.8 Å². The van der Waals surface area contributed by atoms with Crippen LogP contribution in [-0.2, 0) is 29.1 Å². The van der Waals surface area contributed by atoms with E-state index in [0.29, 0.717) is 0 Å². The van der Waals surface area contributed by atoms with E-state index in [0.717, 1.165) is 10.6 Å². The van der Waals surface area contributed by atoms with Gasteiger partial charge in [0.05, 0.1) is 6.26 Å². The van der Waals surface area contributed by atoms with Crippen LogP contribution in [0.1, 0.15) is 13.8 Å². The maximum Gasteiger partial charge on any atom is 0.333 e. The average molecular weight is 319 g/mol. The number of carbonyl (C=O) groups excluding carboxylic acids is 2. The van der Waals surface area contributed by atoms with Crippen LogP contribution in [0.4, 0.5) is 0 Å². The van der Waals surface area contributed by atoms with E-state index in [1.54, 1.807) is 0 Å². The van der Waals surface area contributed by atoms with Gasteiger partial charge in [-0.15, -0.1) is 0 Å². The Morgan fingerprint density at radius 3 is 1.52 bits per heavy atom. The number of rotatable bonds is 9. The maximum absolute atomic E-state index is 11.6. The molecule has 0 aliphatic heterocycles. The quantitative estimate of drug-likeness (QED) is 0.454. The molecule has 0 aliphatic carbocycles. The predicted molar refractivity (Wildman–Crippen MR) is 78.0 cm³/mol. The highest BCUT2D eigenvalue weighted by Crippen LogP contribution is 2.00. The Morgan fingerprint density at radius 1 is 0.952 bits per heavy atom. The fourth-order valence-electron chi connectivity index (χ4n) is 1.17. The fourth-order valence-corrected chi connectivity index (χ4v) is 1.98. The van der Waals surface area contributed by atoms with Crippen molar-refractivity contribution in [3.63, 3.8) is 0 Å². The van der Waals surface area contributed by atoms with E-state index in [9.17, 15) is 18.0 Å². The first-order valence-electron chi connectivity index (χ1n) is 6.16. The summed E-state index contributed by atoms with van der Waals surface area (Å²) in [5.74, 6) is -1.17. The zero-order valence-electron chi connectivity index (χ0n) is 12.5. The standard InChI is InChI=1S/C13H21NO6S/c1-10(2)12(15)19-8-6-14(21(5,17)18)7-9-20-13(16)11(3)4/h1,3,6-9H2,2,4-5H3. The molecule has 8 heteroatoms. The summed E-state index contributed by atoms with van der Waals surface area (Å²) in [4.78, 5) is 22.4. The molecule has 21 heavy (non-hydrogen) atoms. The van der Waals surface area contributed by atoms with Crippen LogP contribution in [-0.4, -0.2) is 57.2 Å². The molecule has 0 aromatic carbocycles. The molecular weight excluding hydrogens is 298 g/mol. The summed E-state index contributed by atoms with van der Waals surface area (Å²) in [5.41, 5.74) is 0.465. The van der Waals surface area contributed by atoms with Crippen LogP contribution in [0.25, 0.3) is 0 Å². The molecule has 0 aromatic heterocycles. The topological polar surface area (TPSA) is 90.0 Å². The van der Waals surface area contributed by atoms with Gasteiger partial charge in [0.2, 0.25) is 10.0 Å². The summed E-state index contributed by atoms with van der Waals surface area (Å²) in [6.07, 6.45) is 1.02. The third-order valence-electron chi connectivity index (χ3n) is 2.31. The van der Waals surface area contributed by atoms with Crippen LogP contribution in [0, 0.1) is 0 Å². The molecule has 0 bridgehead atoms. The first-order valence-corrected chi connectivity index (χ1v) is 8.01. The van der Waals surface area contributed by atoms with Crippen molar-refractivity contribution in [1.82, 2.24) is 4.31 Å². The second kappa shape index (κ2) is 8.58. The molecule has 0 amide bonds. The summed E-state index contributed by atoms with van der Waals surface area (Å²) >= 11 is 0. The summed E-state index contributed by atoms with van der Waals surface area (Å²) in [6, 6.07) is 0. The van der Waals surface area contributed by atoms with Crippen molar-refractivity contribution >= 4 is 22.0 Å². The molecule has 0 atom stereocenters. The van der Waals surface area contributed by atoms with E-state index in [-0.39, 0.29) is 37.4 Å². The molecule has 0 saturated carbocycles. The first-order chi connectivity index (χ1) is 9.55. The highest BCUT2D eigenvalue weighted by atomic mass is 32.2. The summed E-state index contributed by atoms with van der Waals surface area (Å²) in [7, 11) is -3.50. The number of ether oxygens (including phenoxy) is 2. The van der Waals surface area contributed by atoms with E-state index in [2.05, 4.69) is 13.2 Å². The molecule has 0 unspecified atom stereocenters. The molecule has 0 saturated heterocycles. The Morgan fingerprint density at radius 2 is 1.29 bits per heavy atom.